The van der Waals surface area contributed by atoms with Gasteiger partial charge in [0.1, 0.15) is 6.07 Å². The van der Waals surface area contributed by atoms with E-state index >= 15 is 0 Å². The van der Waals surface area contributed by atoms with Crippen LogP contribution in [0.4, 0.5) is 5.69 Å². The van der Waals surface area contributed by atoms with E-state index in [0.717, 1.165) is 43.6 Å². The molecule has 7 aromatic carbocycles. The van der Waals surface area contributed by atoms with Crippen LogP contribution >= 0.6 is 11.3 Å². The molecule has 0 aliphatic rings. The lowest BCUT2D eigenvalue weighted by Crippen LogP contribution is -2.01. The molecule has 0 aliphatic heterocycles. The Kier molecular flexibility index (Phi) is 5.26. The standard InChI is InChI=1S/C42H22N4S/c1-44-33-22-37(46-34-15-7-4-12-28(34)31-21-32-29-13-6-9-17-40(29)47-41(32)23-38(31)46)26(24-43)20-39(33)45-35-16-8-5-14-30(35)42-27-11-3-2-10-25(27)18-19-36(42)45/h2-23H. The van der Waals surface area contributed by atoms with Gasteiger partial charge in [0.2, 0.25) is 5.69 Å². The summed E-state index contributed by atoms with van der Waals surface area (Å²) in [6, 6.07) is 48.8. The Balaban J connectivity index is 1.30. The van der Waals surface area contributed by atoms with Gasteiger partial charge in [-0.25, -0.2) is 4.85 Å². The second kappa shape index (κ2) is 9.55. The van der Waals surface area contributed by atoms with Crippen LogP contribution in [0.2, 0.25) is 0 Å². The summed E-state index contributed by atoms with van der Waals surface area (Å²) in [5, 5.41) is 20.1. The highest BCUT2D eigenvalue weighted by Crippen LogP contribution is 2.44. The molecule has 0 fully saturated rings. The lowest BCUT2D eigenvalue weighted by Gasteiger charge is -2.16. The van der Waals surface area contributed by atoms with Crippen LogP contribution in [0.3, 0.4) is 0 Å². The van der Waals surface area contributed by atoms with Crippen molar-refractivity contribution in [3.05, 3.63) is 150 Å². The molecule has 0 amide bonds. The third-order valence-electron chi connectivity index (χ3n) is 9.55. The smallest absolute Gasteiger partial charge is 0.212 e. The molecule has 0 unspecified atom stereocenters. The first-order valence-corrected chi connectivity index (χ1v) is 16.3. The minimum atomic E-state index is 0.490. The van der Waals surface area contributed by atoms with Crippen molar-refractivity contribution in [2.45, 2.75) is 0 Å². The van der Waals surface area contributed by atoms with Gasteiger partial charge in [-0.05, 0) is 59.3 Å². The normalized spacial score (nSPS) is 11.8. The van der Waals surface area contributed by atoms with Gasteiger partial charge < -0.3 is 9.13 Å². The number of fused-ring (bicyclic) bond motifs is 11. The van der Waals surface area contributed by atoms with Gasteiger partial charge in [0.25, 0.3) is 0 Å². The number of aromatic nitrogens is 2. The summed E-state index contributed by atoms with van der Waals surface area (Å²) < 4.78 is 6.77. The number of rotatable bonds is 2. The lowest BCUT2D eigenvalue weighted by molar-refractivity contribution is 1.14. The third-order valence-corrected chi connectivity index (χ3v) is 10.7. The molecule has 0 bridgehead atoms. The van der Waals surface area contributed by atoms with Crippen LogP contribution < -0.4 is 0 Å². The van der Waals surface area contributed by atoms with E-state index < -0.39 is 0 Å². The van der Waals surface area contributed by atoms with Gasteiger partial charge in [-0.15, -0.1) is 11.3 Å². The van der Waals surface area contributed by atoms with Crippen molar-refractivity contribution in [3.63, 3.8) is 0 Å². The predicted molar refractivity (Wildman–Crippen MR) is 196 cm³/mol. The Morgan fingerprint density at radius 2 is 1.21 bits per heavy atom. The molecule has 10 rings (SSSR count). The second-order valence-corrected chi connectivity index (χ2v) is 13.0. The van der Waals surface area contributed by atoms with E-state index in [-0.39, 0.29) is 0 Å². The Hall–Kier alpha value is -6.40. The van der Waals surface area contributed by atoms with E-state index in [2.05, 4.69) is 129 Å². The van der Waals surface area contributed by atoms with Crippen molar-refractivity contribution in [3.8, 4) is 17.4 Å². The topological polar surface area (TPSA) is 38.0 Å². The SMILES string of the molecule is [C-]#[N+]c1cc(-n2c3ccccc3c3cc4c(cc32)sc2ccccc24)c(C#N)cc1-n1c2ccccc2c2c3ccccc3ccc21. The molecule has 10 aromatic rings. The van der Waals surface area contributed by atoms with Crippen LogP contribution in [0.1, 0.15) is 5.56 Å². The predicted octanol–water partition coefficient (Wildman–Crippen LogP) is 11.8. The first-order chi connectivity index (χ1) is 23.2. The molecule has 0 N–H and O–H groups in total. The molecule has 0 radical (unpaired) electrons. The van der Waals surface area contributed by atoms with E-state index in [0.29, 0.717) is 22.6 Å². The van der Waals surface area contributed by atoms with Gasteiger partial charge in [-0.3, -0.25) is 0 Å². The molecule has 0 spiro atoms. The maximum Gasteiger partial charge on any atom is 0.212 e. The van der Waals surface area contributed by atoms with E-state index in [1.165, 1.54) is 30.9 Å². The van der Waals surface area contributed by atoms with Gasteiger partial charge in [0, 0.05) is 41.7 Å². The summed E-state index contributed by atoms with van der Waals surface area (Å²) in [7, 11) is 0. The van der Waals surface area contributed by atoms with E-state index in [4.69, 9.17) is 6.57 Å². The quantitative estimate of drug-likeness (QED) is 0.179. The highest BCUT2D eigenvalue weighted by Gasteiger charge is 2.22. The molecular formula is C42H22N4S. The first kappa shape index (κ1) is 25.9. The molecule has 0 saturated carbocycles. The summed E-state index contributed by atoms with van der Waals surface area (Å²) in [6.45, 7) is 8.40. The lowest BCUT2D eigenvalue weighted by atomic mass is 10.0. The van der Waals surface area contributed by atoms with Gasteiger partial charge in [-0.2, -0.15) is 5.26 Å². The van der Waals surface area contributed by atoms with Crippen LogP contribution in [-0.2, 0) is 0 Å². The number of benzene rings is 7. The van der Waals surface area contributed by atoms with E-state index in [9.17, 15) is 5.26 Å². The zero-order valence-corrected chi connectivity index (χ0v) is 25.7. The molecular weight excluding hydrogens is 593 g/mol. The fraction of sp³-hybridized carbons (Fsp3) is 0. The molecule has 3 heterocycles. The molecule has 4 nitrogen and oxygen atoms in total. The Labute approximate surface area is 273 Å². The fourth-order valence-corrected chi connectivity index (χ4v) is 8.68. The van der Waals surface area contributed by atoms with Crippen molar-refractivity contribution in [1.82, 2.24) is 9.13 Å². The van der Waals surface area contributed by atoms with Crippen molar-refractivity contribution < 1.29 is 0 Å². The zero-order chi connectivity index (χ0) is 31.2. The fourth-order valence-electron chi connectivity index (χ4n) is 7.55. The van der Waals surface area contributed by atoms with Crippen LogP contribution in [-0.4, -0.2) is 9.13 Å². The number of nitriles is 1. The summed E-state index contributed by atoms with van der Waals surface area (Å²) in [5.74, 6) is 0. The van der Waals surface area contributed by atoms with Gasteiger partial charge in [0.15, 0.2) is 0 Å². The van der Waals surface area contributed by atoms with Crippen molar-refractivity contribution in [1.29, 1.82) is 5.26 Å². The number of thiophene rings is 1. The largest absolute Gasteiger partial charge is 0.319 e. The number of hydrogen-bond acceptors (Lipinski definition) is 2. The molecule has 216 valence electrons. The Morgan fingerprint density at radius 1 is 0.532 bits per heavy atom. The van der Waals surface area contributed by atoms with Crippen LogP contribution in [0.5, 0.6) is 0 Å². The summed E-state index contributed by atoms with van der Waals surface area (Å²) in [4.78, 5) is 4.10. The summed E-state index contributed by atoms with van der Waals surface area (Å²) in [5.41, 5.74) is 6.46. The van der Waals surface area contributed by atoms with Crippen molar-refractivity contribution >= 4 is 91.6 Å². The molecule has 47 heavy (non-hydrogen) atoms. The molecule has 0 atom stereocenters. The van der Waals surface area contributed by atoms with E-state index in [1.807, 2.05) is 24.3 Å². The first-order valence-electron chi connectivity index (χ1n) is 15.5. The van der Waals surface area contributed by atoms with E-state index in [1.54, 1.807) is 11.3 Å². The number of para-hydroxylation sites is 2. The second-order valence-electron chi connectivity index (χ2n) is 11.9. The zero-order valence-electron chi connectivity index (χ0n) is 24.9. The molecule has 0 saturated heterocycles. The van der Waals surface area contributed by atoms with Crippen LogP contribution in [0.15, 0.2) is 133 Å². The number of hydrogen-bond donors (Lipinski definition) is 0. The van der Waals surface area contributed by atoms with Crippen molar-refractivity contribution in [2.75, 3.05) is 0 Å². The maximum atomic E-state index is 10.7. The molecule has 5 heteroatoms. The van der Waals surface area contributed by atoms with Gasteiger partial charge in [-0.1, -0.05) is 84.9 Å². The maximum absolute atomic E-state index is 10.7. The average Bonchev–Trinajstić information content (AvgIpc) is 3.77. The average molecular weight is 615 g/mol. The third kappa shape index (κ3) is 3.49. The van der Waals surface area contributed by atoms with Crippen LogP contribution in [0, 0.1) is 17.9 Å². The van der Waals surface area contributed by atoms with Crippen molar-refractivity contribution in [2.24, 2.45) is 0 Å². The minimum absolute atomic E-state index is 0.490. The minimum Gasteiger partial charge on any atom is -0.319 e. The monoisotopic (exact) mass is 614 g/mol. The highest BCUT2D eigenvalue weighted by molar-refractivity contribution is 7.25. The Bertz CT molecular complexity index is 3050. The summed E-state index contributed by atoms with van der Waals surface area (Å²) >= 11 is 1.78. The Morgan fingerprint density at radius 3 is 2.02 bits per heavy atom. The van der Waals surface area contributed by atoms with Gasteiger partial charge in [0.05, 0.1) is 45.6 Å². The summed E-state index contributed by atoms with van der Waals surface area (Å²) in [6.07, 6.45) is 0. The van der Waals surface area contributed by atoms with Crippen LogP contribution in [0.25, 0.3) is 90.8 Å². The molecule has 0 aliphatic carbocycles. The highest BCUT2D eigenvalue weighted by atomic mass is 32.1. The van der Waals surface area contributed by atoms with Gasteiger partial charge >= 0.3 is 0 Å². The number of nitrogens with zero attached hydrogens (tertiary/aromatic N) is 4. The molecule has 3 aromatic heterocycles.